The quantitative estimate of drug-likeness (QED) is 0.787. The first-order valence-electron chi connectivity index (χ1n) is 4.70. The zero-order valence-corrected chi connectivity index (χ0v) is 8.79. The Hall–Kier alpha value is -1.20. The molecule has 0 saturated heterocycles. The number of hydrogen-bond donors (Lipinski definition) is 2. The summed E-state index contributed by atoms with van der Waals surface area (Å²) >= 11 is 5.57. The summed E-state index contributed by atoms with van der Waals surface area (Å²) in [7, 11) is 0. The van der Waals surface area contributed by atoms with Crippen molar-refractivity contribution in [2.45, 2.75) is 24.8 Å². The van der Waals surface area contributed by atoms with Crippen LogP contribution in [0.3, 0.4) is 0 Å². The Morgan fingerprint density at radius 3 is 2.67 bits per heavy atom. The molecule has 5 nitrogen and oxygen atoms in total. The largest absolute Gasteiger partial charge is 0.317 e. The zero-order chi connectivity index (χ0) is 10.9. The number of hydrogen-bond acceptors (Lipinski definition) is 4. The van der Waals surface area contributed by atoms with Gasteiger partial charge in [0.2, 0.25) is 5.91 Å². The second-order valence-corrected chi connectivity index (χ2v) is 4.09. The lowest BCUT2D eigenvalue weighted by Crippen LogP contribution is -2.56. The molecule has 80 valence electrons. The van der Waals surface area contributed by atoms with Crippen LogP contribution in [-0.2, 0) is 4.79 Å². The summed E-state index contributed by atoms with van der Waals surface area (Å²) in [4.78, 5) is 11.7. The van der Waals surface area contributed by atoms with E-state index in [0.717, 1.165) is 19.3 Å². The molecule has 3 N–H and O–H groups in total. The number of carbonyl (C=O) groups is 1. The minimum atomic E-state index is -0.721. The van der Waals surface area contributed by atoms with E-state index < -0.39 is 5.54 Å². The molecule has 1 saturated carbocycles. The molecule has 0 spiro atoms. The molecule has 0 aromatic carbocycles. The summed E-state index contributed by atoms with van der Waals surface area (Å²) < 4.78 is 0. The lowest BCUT2D eigenvalue weighted by atomic mass is 9.77. The van der Waals surface area contributed by atoms with Crippen molar-refractivity contribution >= 4 is 23.3 Å². The van der Waals surface area contributed by atoms with Gasteiger partial charge >= 0.3 is 0 Å². The molecule has 0 atom stereocenters. The molecule has 15 heavy (non-hydrogen) atoms. The average Bonchev–Trinajstić information content (AvgIpc) is 2.18. The first-order chi connectivity index (χ1) is 7.10. The predicted molar refractivity (Wildman–Crippen MR) is 56.4 cm³/mol. The summed E-state index contributed by atoms with van der Waals surface area (Å²) in [5, 5.41) is 10.2. The number of rotatable bonds is 2. The van der Waals surface area contributed by atoms with Crippen LogP contribution in [0.1, 0.15) is 19.3 Å². The summed E-state index contributed by atoms with van der Waals surface area (Å²) in [5.74, 6) is 0.173. The number of nitrogens with zero attached hydrogens (tertiary/aromatic N) is 2. The van der Waals surface area contributed by atoms with E-state index in [1.807, 2.05) is 0 Å². The highest BCUT2D eigenvalue weighted by Crippen LogP contribution is 2.29. The lowest BCUT2D eigenvalue weighted by molar-refractivity contribution is -0.123. The maximum Gasteiger partial charge on any atom is 0.245 e. The van der Waals surface area contributed by atoms with Gasteiger partial charge in [0.1, 0.15) is 0 Å². The third-order valence-electron chi connectivity index (χ3n) is 2.57. The number of nitrogens with one attached hydrogen (secondary N) is 1. The molecule has 0 bridgehead atoms. The van der Waals surface area contributed by atoms with Crippen molar-refractivity contribution in [2.24, 2.45) is 5.73 Å². The fourth-order valence-corrected chi connectivity index (χ4v) is 1.51. The van der Waals surface area contributed by atoms with Crippen molar-refractivity contribution in [1.82, 2.24) is 10.2 Å². The average molecular weight is 227 g/mol. The highest BCUT2D eigenvalue weighted by molar-refractivity contribution is 6.29. The molecule has 1 aliphatic rings. The van der Waals surface area contributed by atoms with E-state index in [1.165, 1.54) is 0 Å². The van der Waals surface area contributed by atoms with Crippen molar-refractivity contribution in [3.8, 4) is 0 Å². The number of halogens is 1. The van der Waals surface area contributed by atoms with E-state index in [2.05, 4.69) is 15.5 Å². The van der Waals surface area contributed by atoms with Crippen LogP contribution in [0.5, 0.6) is 0 Å². The van der Waals surface area contributed by atoms with Gasteiger partial charge in [0.05, 0.1) is 5.54 Å². The summed E-state index contributed by atoms with van der Waals surface area (Å²) in [6.07, 6.45) is 2.44. The van der Waals surface area contributed by atoms with E-state index >= 15 is 0 Å². The molecule has 0 unspecified atom stereocenters. The normalized spacial score (nSPS) is 18.0. The Kier molecular flexibility index (Phi) is 2.58. The number of amides is 1. The molecule has 1 fully saturated rings. The molecule has 1 aromatic rings. The van der Waals surface area contributed by atoms with Crippen molar-refractivity contribution in [3.05, 3.63) is 17.3 Å². The lowest BCUT2D eigenvalue weighted by Gasteiger charge is -2.35. The Labute approximate surface area is 92.0 Å². The molecule has 1 aromatic heterocycles. The van der Waals surface area contributed by atoms with Crippen LogP contribution in [0, 0.1) is 0 Å². The fourth-order valence-electron chi connectivity index (χ4n) is 1.41. The van der Waals surface area contributed by atoms with E-state index in [0.29, 0.717) is 11.0 Å². The Balaban J connectivity index is 2.02. The Morgan fingerprint density at radius 2 is 2.20 bits per heavy atom. The molecule has 1 heterocycles. The summed E-state index contributed by atoms with van der Waals surface area (Å²) in [6, 6.07) is 3.16. The molecule has 0 radical (unpaired) electrons. The first-order valence-corrected chi connectivity index (χ1v) is 5.07. The second kappa shape index (κ2) is 3.75. The molecule has 1 aliphatic carbocycles. The summed E-state index contributed by atoms with van der Waals surface area (Å²) in [6.45, 7) is 0. The van der Waals surface area contributed by atoms with Gasteiger partial charge in [-0.15, -0.1) is 10.2 Å². The third-order valence-corrected chi connectivity index (χ3v) is 2.77. The van der Waals surface area contributed by atoms with Gasteiger partial charge < -0.3 is 11.1 Å². The van der Waals surface area contributed by atoms with Gasteiger partial charge in [0, 0.05) is 0 Å². The molecule has 2 rings (SSSR count). The number of aromatic nitrogens is 2. The van der Waals surface area contributed by atoms with Crippen LogP contribution in [-0.4, -0.2) is 21.6 Å². The van der Waals surface area contributed by atoms with Crippen molar-refractivity contribution in [2.75, 3.05) is 5.32 Å². The van der Waals surface area contributed by atoms with Crippen molar-refractivity contribution in [3.63, 3.8) is 0 Å². The maximum atomic E-state index is 11.7. The Morgan fingerprint density at radius 1 is 1.47 bits per heavy atom. The van der Waals surface area contributed by atoms with Crippen LogP contribution in [0.2, 0.25) is 5.15 Å². The van der Waals surface area contributed by atoms with Crippen molar-refractivity contribution < 1.29 is 4.79 Å². The van der Waals surface area contributed by atoms with Gasteiger partial charge in [-0.05, 0) is 31.4 Å². The van der Waals surface area contributed by atoms with E-state index in [1.54, 1.807) is 12.1 Å². The van der Waals surface area contributed by atoms with Crippen LogP contribution < -0.4 is 11.1 Å². The van der Waals surface area contributed by atoms with Crippen molar-refractivity contribution in [1.29, 1.82) is 0 Å². The molecular formula is C9H11ClN4O. The van der Waals surface area contributed by atoms with E-state index in [-0.39, 0.29) is 5.91 Å². The van der Waals surface area contributed by atoms with Crippen LogP contribution >= 0.6 is 11.6 Å². The molecule has 0 aliphatic heterocycles. The monoisotopic (exact) mass is 226 g/mol. The fraction of sp³-hybridized carbons (Fsp3) is 0.444. The topological polar surface area (TPSA) is 80.9 Å². The highest BCUT2D eigenvalue weighted by Gasteiger charge is 2.40. The predicted octanol–water partition coefficient (Wildman–Crippen LogP) is 0.950. The van der Waals surface area contributed by atoms with Crippen LogP contribution in [0.25, 0.3) is 0 Å². The van der Waals surface area contributed by atoms with Gasteiger partial charge in [0.15, 0.2) is 11.0 Å². The van der Waals surface area contributed by atoms with Gasteiger partial charge in [0.25, 0.3) is 0 Å². The van der Waals surface area contributed by atoms with Gasteiger partial charge in [-0.25, -0.2) is 0 Å². The molecule has 1 amide bonds. The summed E-state index contributed by atoms with van der Waals surface area (Å²) in [5.41, 5.74) is 5.12. The van der Waals surface area contributed by atoms with Crippen LogP contribution in [0.4, 0.5) is 5.82 Å². The smallest absolute Gasteiger partial charge is 0.245 e. The van der Waals surface area contributed by atoms with E-state index in [4.69, 9.17) is 17.3 Å². The zero-order valence-electron chi connectivity index (χ0n) is 8.03. The maximum absolute atomic E-state index is 11.7. The standard InChI is InChI=1S/C9H11ClN4O/c10-6-2-3-7(14-13-6)12-8(15)9(11)4-1-5-9/h2-3H,1,4-5,11H2,(H,12,14,15). The molecular weight excluding hydrogens is 216 g/mol. The second-order valence-electron chi connectivity index (χ2n) is 3.71. The van der Waals surface area contributed by atoms with Gasteiger partial charge in [-0.1, -0.05) is 11.6 Å². The minimum Gasteiger partial charge on any atom is -0.317 e. The first kappa shape index (κ1) is 10.3. The SMILES string of the molecule is NC1(C(=O)Nc2ccc(Cl)nn2)CCC1. The highest BCUT2D eigenvalue weighted by atomic mass is 35.5. The van der Waals surface area contributed by atoms with Crippen LogP contribution in [0.15, 0.2) is 12.1 Å². The molecule has 6 heteroatoms. The van der Waals surface area contributed by atoms with Gasteiger partial charge in [-0.2, -0.15) is 0 Å². The third kappa shape index (κ3) is 2.08. The minimum absolute atomic E-state index is 0.203. The van der Waals surface area contributed by atoms with E-state index in [9.17, 15) is 4.79 Å². The number of carbonyl (C=O) groups excluding carboxylic acids is 1. The number of nitrogens with two attached hydrogens (primary N) is 1. The Bertz CT molecular complexity index is 374. The van der Waals surface area contributed by atoms with Gasteiger partial charge in [-0.3, -0.25) is 4.79 Å². The number of anilines is 1.